The Morgan fingerprint density at radius 1 is 1.20 bits per heavy atom. The number of benzene rings is 1. The van der Waals surface area contributed by atoms with Crippen LogP contribution in [0.1, 0.15) is 25.8 Å². The van der Waals surface area contributed by atoms with Crippen LogP contribution in [0.3, 0.4) is 0 Å². The lowest BCUT2D eigenvalue weighted by molar-refractivity contribution is -0.135. The maximum absolute atomic E-state index is 12.4. The van der Waals surface area contributed by atoms with Gasteiger partial charge in [-0.3, -0.25) is 9.69 Å². The molecule has 0 aliphatic rings. The summed E-state index contributed by atoms with van der Waals surface area (Å²) >= 11 is 0. The van der Waals surface area contributed by atoms with Gasteiger partial charge in [0, 0.05) is 20.1 Å². The van der Waals surface area contributed by atoms with Crippen LogP contribution in [0.2, 0.25) is 0 Å². The molecule has 20 heavy (non-hydrogen) atoms. The van der Waals surface area contributed by atoms with Crippen molar-refractivity contribution < 1.29 is 9.90 Å². The molecule has 0 spiro atoms. The lowest BCUT2D eigenvalue weighted by atomic mass is 10.2. The highest BCUT2D eigenvalue weighted by Crippen LogP contribution is 2.07. The molecule has 1 amide bonds. The predicted octanol–water partition coefficient (Wildman–Crippen LogP) is 1.74. The lowest BCUT2D eigenvalue weighted by Gasteiger charge is -2.28. The molecule has 0 bridgehead atoms. The van der Waals surface area contributed by atoms with E-state index in [1.807, 2.05) is 56.3 Å². The highest BCUT2D eigenvalue weighted by Gasteiger charge is 2.21. The second kappa shape index (κ2) is 8.02. The molecule has 0 aromatic heterocycles. The van der Waals surface area contributed by atoms with Crippen LogP contribution >= 0.6 is 0 Å². The average Bonchev–Trinajstić information content (AvgIpc) is 2.44. The maximum atomic E-state index is 12.4. The van der Waals surface area contributed by atoms with E-state index in [1.165, 1.54) is 0 Å². The van der Waals surface area contributed by atoms with E-state index in [0.717, 1.165) is 5.56 Å². The first-order chi connectivity index (χ1) is 9.41. The molecule has 0 fully saturated rings. The third-order valence-electron chi connectivity index (χ3n) is 3.56. The quantitative estimate of drug-likeness (QED) is 0.826. The molecule has 112 valence electrons. The third kappa shape index (κ3) is 5.31. The van der Waals surface area contributed by atoms with Gasteiger partial charge in [0.1, 0.15) is 0 Å². The Morgan fingerprint density at radius 3 is 2.35 bits per heavy atom. The van der Waals surface area contributed by atoms with Crippen molar-refractivity contribution in [2.45, 2.75) is 39.0 Å². The van der Waals surface area contributed by atoms with Crippen molar-refractivity contribution in [1.29, 1.82) is 0 Å². The van der Waals surface area contributed by atoms with Crippen LogP contribution in [0.15, 0.2) is 30.3 Å². The van der Waals surface area contributed by atoms with Crippen molar-refractivity contribution in [1.82, 2.24) is 9.80 Å². The summed E-state index contributed by atoms with van der Waals surface area (Å²) in [6, 6.07) is 9.79. The minimum atomic E-state index is -0.332. The van der Waals surface area contributed by atoms with Crippen molar-refractivity contribution in [2.24, 2.45) is 0 Å². The van der Waals surface area contributed by atoms with Crippen LogP contribution in [-0.4, -0.2) is 53.6 Å². The molecule has 1 N–H and O–H groups in total. The molecule has 4 nitrogen and oxygen atoms in total. The maximum Gasteiger partial charge on any atom is 0.239 e. The van der Waals surface area contributed by atoms with Gasteiger partial charge in [-0.2, -0.15) is 0 Å². The van der Waals surface area contributed by atoms with Gasteiger partial charge in [0.25, 0.3) is 0 Å². The summed E-state index contributed by atoms with van der Waals surface area (Å²) in [6.45, 7) is 5.01. The summed E-state index contributed by atoms with van der Waals surface area (Å²) in [5.74, 6) is 0.0990. The summed E-state index contributed by atoms with van der Waals surface area (Å²) < 4.78 is 0. The number of rotatable bonds is 7. The summed E-state index contributed by atoms with van der Waals surface area (Å²) in [7, 11) is 3.75. The second-order valence-electron chi connectivity index (χ2n) is 5.47. The molecule has 0 saturated carbocycles. The number of hydrogen-bond acceptors (Lipinski definition) is 3. The van der Waals surface area contributed by atoms with Crippen molar-refractivity contribution in [3.63, 3.8) is 0 Å². The number of carbonyl (C=O) groups excluding carboxylic acids is 1. The van der Waals surface area contributed by atoms with Crippen LogP contribution in [0.25, 0.3) is 0 Å². The van der Waals surface area contributed by atoms with Crippen molar-refractivity contribution in [3.8, 4) is 0 Å². The monoisotopic (exact) mass is 278 g/mol. The fourth-order valence-electron chi connectivity index (χ4n) is 2.03. The largest absolute Gasteiger partial charge is 0.393 e. The smallest absolute Gasteiger partial charge is 0.239 e. The van der Waals surface area contributed by atoms with E-state index in [0.29, 0.717) is 19.5 Å². The van der Waals surface area contributed by atoms with E-state index in [4.69, 9.17) is 0 Å². The summed E-state index contributed by atoms with van der Waals surface area (Å²) in [5, 5.41) is 9.30. The van der Waals surface area contributed by atoms with Gasteiger partial charge < -0.3 is 10.0 Å². The van der Waals surface area contributed by atoms with Gasteiger partial charge in [0.2, 0.25) is 5.91 Å². The summed E-state index contributed by atoms with van der Waals surface area (Å²) in [4.78, 5) is 16.1. The Balaban J connectivity index is 2.51. The molecule has 2 unspecified atom stereocenters. The molecule has 0 aliphatic heterocycles. The zero-order chi connectivity index (χ0) is 15.1. The van der Waals surface area contributed by atoms with E-state index in [9.17, 15) is 9.90 Å². The minimum Gasteiger partial charge on any atom is -0.393 e. The van der Waals surface area contributed by atoms with Gasteiger partial charge in [-0.1, -0.05) is 30.3 Å². The molecule has 4 heteroatoms. The van der Waals surface area contributed by atoms with Gasteiger partial charge in [-0.15, -0.1) is 0 Å². The Hall–Kier alpha value is -1.39. The number of likely N-dealkylation sites (N-methyl/N-ethyl adjacent to an activating group) is 2. The van der Waals surface area contributed by atoms with E-state index >= 15 is 0 Å². The molecule has 2 atom stereocenters. The fourth-order valence-corrected chi connectivity index (χ4v) is 2.03. The minimum absolute atomic E-state index is 0.0990. The summed E-state index contributed by atoms with van der Waals surface area (Å²) in [5.41, 5.74) is 1.13. The van der Waals surface area contributed by atoms with Crippen LogP contribution in [-0.2, 0) is 11.3 Å². The molecule has 0 heterocycles. The second-order valence-corrected chi connectivity index (χ2v) is 5.47. The first-order valence-corrected chi connectivity index (χ1v) is 7.09. The first-order valence-electron chi connectivity index (χ1n) is 7.09. The van der Waals surface area contributed by atoms with Gasteiger partial charge in [0.15, 0.2) is 0 Å². The topological polar surface area (TPSA) is 43.8 Å². The van der Waals surface area contributed by atoms with Crippen molar-refractivity contribution >= 4 is 5.91 Å². The predicted molar refractivity (Wildman–Crippen MR) is 81.3 cm³/mol. The highest BCUT2D eigenvalue weighted by atomic mass is 16.3. The average molecular weight is 278 g/mol. The standard InChI is InChI=1S/C16H26N2O2/c1-13(19)10-11-17(3)14(2)16(20)18(4)12-15-8-6-5-7-9-15/h5-9,13-14,19H,10-12H2,1-4H3. The number of amides is 1. The zero-order valence-corrected chi connectivity index (χ0v) is 12.9. The zero-order valence-electron chi connectivity index (χ0n) is 12.9. The number of carbonyl (C=O) groups is 1. The summed E-state index contributed by atoms with van der Waals surface area (Å²) in [6.07, 6.45) is 0.345. The van der Waals surface area contributed by atoms with Gasteiger partial charge in [0.05, 0.1) is 12.1 Å². The first kappa shape index (κ1) is 16.7. The van der Waals surface area contributed by atoms with Gasteiger partial charge in [-0.25, -0.2) is 0 Å². The number of aliphatic hydroxyl groups excluding tert-OH is 1. The molecular weight excluding hydrogens is 252 g/mol. The SMILES string of the molecule is CC(O)CCN(C)C(C)C(=O)N(C)Cc1ccccc1. The Bertz CT molecular complexity index is 406. The molecule has 0 aliphatic carbocycles. The molecular formula is C16H26N2O2. The number of hydrogen-bond donors (Lipinski definition) is 1. The van der Waals surface area contributed by atoms with Crippen molar-refractivity contribution in [3.05, 3.63) is 35.9 Å². The van der Waals surface area contributed by atoms with E-state index in [-0.39, 0.29) is 18.1 Å². The van der Waals surface area contributed by atoms with E-state index < -0.39 is 0 Å². The molecule has 0 radical (unpaired) electrons. The number of nitrogens with zero attached hydrogens (tertiary/aromatic N) is 2. The highest BCUT2D eigenvalue weighted by molar-refractivity contribution is 5.81. The van der Waals surface area contributed by atoms with Gasteiger partial charge in [-0.05, 0) is 32.9 Å². The van der Waals surface area contributed by atoms with E-state index in [2.05, 4.69) is 0 Å². The van der Waals surface area contributed by atoms with Crippen LogP contribution in [0.5, 0.6) is 0 Å². The normalized spacial score (nSPS) is 14.1. The van der Waals surface area contributed by atoms with Crippen molar-refractivity contribution in [2.75, 3.05) is 20.6 Å². The molecule has 1 aromatic carbocycles. The fraction of sp³-hybridized carbons (Fsp3) is 0.562. The van der Waals surface area contributed by atoms with Crippen LogP contribution in [0.4, 0.5) is 0 Å². The Morgan fingerprint density at radius 2 is 1.80 bits per heavy atom. The lowest BCUT2D eigenvalue weighted by Crippen LogP contribution is -2.44. The Labute approximate surface area is 122 Å². The Kier molecular flexibility index (Phi) is 6.68. The number of aliphatic hydroxyl groups is 1. The molecule has 0 saturated heterocycles. The third-order valence-corrected chi connectivity index (χ3v) is 3.56. The van der Waals surface area contributed by atoms with E-state index in [1.54, 1.807) is 11.8 Å². The molecule has 1 rings (SSSR count). The molecule has 1 aromatic rings. The van der Waals surface area contributed by atoms with Crippen LogP contribution in [0, 0.1) is 0 Å². The van der Waals surface area contributed by atoms with Crippen LogP contribution < -0.4 is 0 Å². The van der Waals surface area contributed by atoms with Gasteiger partial charge >= 0.3 is 0 Å².